The molecule has 2 unspecified atom stereocenters. The number of hydrogen-bond donors (Lipinski definition) is 0. The molecule has 4 heteroatoms. The predicted octanol–water partition coefficient (Wildman–Crippen LogP) is 16.6. The van der Waals surface area contributed by atoms with Gasteiger partial charge in [0.25, 0.3) is 0 Å². The van der Waals surface area contributed by atoms with Crippen molar-refractivity contribution < 1.29 is 0 Å². The lowest BCUT2D eigenvalue weighted by atomic mass is 9.79. The first-order valence-electron chi connectivity index (χ1n) is 23.1. The topological polar surface area (TPSA) is 34.0 Å². The van der Waals surface area contributed by atoms with Crippen LogP contribution in [-0.4, -0.2) is 14.5 Å². The van der Waals surface area contributed by atoms with Crippen molar-refractivity contribution in [1.82, 2.24) is 14.5 Å². The van der Waals surface area contributed by atoms with Gasteiger partial charge in [-0.25, -0.2) is 9.97 Å². The van der Waals surface area contributed by atoms with Crippen LogP contribution in [0.25, 0.3) is 78.5 Å². The van der Waals surface area contributed by atoms with Crippen molar-refractivity contribution in [2.45, 2.75) is 18.8 Å². The average Bonchev–Trinajstić information content (AvgIpc) is 3.75. The van der Waals surface area contributed by atoms with E-state index in [0.717, 1.165) is 50.8 Å². The number of rotatable bonds is 9. The van der Waals surface area contributed by atoms with E-state index >= 15 is 0 Å². The van der Waals surface area contributed by atoms with Gasteiger partial charge in [-0.3, -0.25) is 0 Å². The smallest absolute Gasteiger partial charge is 0.160 e. The summed E-state index contributed by atoms with van der Waals surface area (Å²) < 4.78 is 2.47. The van der Waals surface area contributed by atoms with Crippen LogP contribution in [0, 0.1) is 0 Å². The number of benzene rings is 9. The Hall–Kier alpha value is -8.60. The molecule has 0 saturated carbocycles. The standard InChI is InChI=1S/C63H46N4/c1-43-56(47-28-34-53(35-29-47)66(55-38-27-45-17-11-12-22-51(45)41-55)52-32-25-46(26-33-52)44-15-5-2-6-16-44)39-40-58-57-23-13-14-24-61(57)67(62(43)58)54-36-30-50(31-37-54)63-64-59(48-18-7-3-8-19-48)42-60(65-63)49-20-9-4-10-21-49/h2-43,56H,1H3. The first-order valence-corrected chi connectivity index (χ1v) is 23.1. The van der Waals surface area contributed by atoms with Gasteiger partial charge in [0.05, 0.1) is 16.9 Å². The summed E-state index contributed by atoms with van der Waals surface area (Å²) in [5.41, 5.74) is 16.9. The maximum atomic E-state index is 5.12. The number of aromatic nitrogens is 3. The molecule has 4 nitrogen and oxygen atoms in total. The van der Waals surface area contributed by atoms with Crippen LogP contribution < -0.4 is 4.90 Å². The van der Waals surface area contributed by atoms with Crippen LogP contribution in [0.2, 0.25) is 0 Å². The molecule has 0 fully saturated rings. The number of nitrogens with zero attached hydrogens (tertiary/aromatic N) is 4. The van der Waals surface area contributed by atoms with Gasteiger partial charge in [0.15, 0.2) is 5.82 Å². The second kappa shape index (κ2) is 17.1. The zero-order chi connectivity index (χ0) is 44.7. The monoisotopic (exact) mass is 858 g/mol. The van der Waals surface area contributed by atoms with Gasteiger partial charge in [-0.15, -0.1) is 0 Å². The van der Waals surface area contributed by atoms with Gasteiger partial charge in [-0.05, 0) is 100 Å². The van der Waals surface area contributed by atoms with E-state index in [9.17, 15) is 0 Å². The maximum Gasteiger partial charge on any atom is 0.160 e. The van der Waals surface area contributed by atoms with E-state index in [4.69, 9.17) is 9.97 Å². The van der Waals surface area contributed by atoms with E-state index in [-0.39, 0.29) is 11.8 Å². The summed E-state index contributed by atoms with van der Waals surface area (Å²) in [6, 6.07) is 84.5. The van der Waals surface area contributed by atoms with Crippen LogP contribution in [0.15, 0.2) is 243 Å². The SMILES string of the molecule is CC1c2c(c3ccccc3n2-c2ccc(-c3nc(-c4ccccc4)cc(-c4ccccc4)n3)cc2)C=CC1c1ccc(N(c2ccc(-c3ccccc3)cc2)c2ccc3ccccc3c2)cc1. The fraction of sp³-hybridized carbons (Fsp3) is 0.0476. The van der Waals surface area contributed by atoms with Gasteiger partial charge in [-0.1, -0.05) is 183 Å². The summed E-state index contributed by atoms with van der Waals surface area (Å²) in [5.74, 6) is 1.07. The van der Waals surface area contributed by atoms with Gasteiger partial charge in [0.1, 0.15) is 0 Å². The molecule has 0 saturated heterocycles. The molecule has 67 heavy (non-hydrogen) atoms. The molecule has 1 aliphatic carbocycles. The largest absolute Gasteiger partial charge is 0.313 e. The zero-order valence-corrected chi connectivity index (χ0v) is 37.1. The number of para-hydroxylation sites is 1. The van der Waals surface area contributed by atoms with E-state index in [1.807, 2.05) is 12.1 Å². The highest BCUT2D eigenvalue weighted by Crippen LogP contribution is 2.46. The molecule has 0 spiro atoms. The van der Waals surface area contributed by atoms with E-state index < -0.39 is 0 Å². The Morgan fingerprint density at radius 1 is 0.433 bits per heavy atom. The van der Waals surface area contributed by atoms with E-state index in [1.54, 1.807) is 0 Å². The Kier molecular flexibility index (Phi) is 10.2. The van der Waals surface area contributed by atoms with Crippen LogP contribution in [0.5, 0.6) is 0 Å². The Bertz CT molecular complexity index is 3500. The molecule has 9 aromatic carbocycles. The predicted molar refractivity (Wildman–Crippen MR) is 279 cm³/mol. The van der Waals surface area contributed by atoms with Crippen molar-refractivity contribution in [2.24, 2.45) is 0 Å². The molecule has 318 valence electrons. The van der Waals surface area contributed by atoms with Crippen molar-refractivity contribution in [2.75, 3.05) is 4.90 Å². The Labute approximate surface area is 391 Å². The lowest BCUT2D eigenvalue weighted by Crippen LogP contribution is -2.15. The van der Waals surface area contributed by atoms with Crippen molar-refractivity contribution in [3.63, 3.8) is 0 Å². The quantitative estimate of drug-likeness (QED) is 0.145. The molecule has 2 atom stereocenters. The van der Waals surface area contributed by atoms with E-state index in [1.165, 1.54) is 49.6 Å². The fourth-order valence-corrected chi connectivity index (χ4v) is 10.0. The summed E-state index contributed by atoms with van der Waals surface area (Å²) >= 11 is 0. The van der Waals surface area contributed by atoms with Gasteiger partial charge in [0, 0.05) is 67.9 Å². The van der Waals surface area contributed by atoms with Crippen molar-refractivity contribution in [3.05, 3.63) is 259 Å². The third-order valence-corrected chi connectivity index (χ3v) is 13.4. The second-order valence-electron chi connectivity index (χ2n) is 17.4. The number of allylic oxidation sites excluding steroid dienone is 1. The highest BCUT2D eigenvalue weighted by molar-refractivity contribution is 5.94. The first kappa shape index (κ1) is 40.0. The Morgan fingerprint density at radius 3 is 1.61 bits per heavy atom. The number of hydrogen-bond acceptors (Lipinski definition) is 3. The van der Waals surface area contributed by atoms with Crippen LogP contribution in [0.1, 0.15) is 35.6 Å². The molecule has 2 heterocycles. The minimum absolute atomic E-state index is 0.175. The highest BCUT2D eigenvalue weighted by atomic mass is 15.1. The lowest BCUT2D eigenvalue weighted by molar-refractivity contribution is 0.639. The fourth-order valence-electron chi connectivity index (χ4n) is 10.0. The van der Waals surface area contributed by atoms with Crippen LogP contribution in [-0.2, 0) is 0 Å². The lowest BCUT2D eigenvalue weighted by Gasteiger charge is -2.29. The summed E-state index contributed by atoms with van der Waals surface area (Å²) in [6.07, 6.45) is 4.76. The summed E-state index contributed by atoms with van der Waals surface area (Å²) in [6.45, 7) is 2.38. The van der Waals surface area contributed by atoms with Gasteiger partial charge < -0.3 is 9.47 Å². The summed E-state index contributed by atoms with van der Waals surface area (Å²) in [4.78, 5) is 12.6. The minimum Gasteiger partial charge on any atom is -0.313 e. The first-order chi connectivity index (χ1) is 33.1. The molecule has 0 amide bonds. The van der Waals surface area contributed by atoms with E-state index in [0.29, 0.717) is 5.82 Å². The van der Waals surface area contributed by atoms with Crippen LogP contribution in [0.4, 0.5) is 17.1 Å². The highest BCUT2D eigenvalue weighted by Gasteiger charge is 2.30. The van der Waals surface area contributed by atoms with Gasteiger partial charge in [0.2, 0.25) is 0 Å². The number of fused-ring (bicyclic) bond motifs is 4. The maximum absolute atomic E-state index is 5.12. The van der Waals surface area contributed by atoms with Gasteiger partial charge >= 0.3 is 0 Å². The van der Waals surface area contributed by atoms with Crippen molar-refractivity contribution in [3.8, 4) is 50.7 Å². The minimum atomic E-state index is 0.175. The molecular weight excluding hydrogens is 813 g/mol. The third kappa shape index (κ3) is 7.49. The Morgan fingerprint density at radius 2 is 0.955 bits per heavy atom. The van der Waals surface area contributed by atoms with Crippen LogP contribution >= 0.6 is 0 Å². The second-order valence-corrected chi connectivity index (χ2v) is 17.4. The normalized spacial score (nSPS) is 14.3. The molecule has 2 aromatic heterocycles. The molecular formula is C63H46N4. The Balaban J connectivity index is 0.890. The number of anilines is 3. The molecule has 0 bridgehead atoms. The third-order valence-electron chi connectivity index (χ3n) is 13.4. The molecule has 1 aliphatic rings. The molecule has 11 aromatic rings. The van der Waals surface area contributed by atoms with Gasteiger partial charge in [-0.2, -0.15) is 0 Å². The summed E-state index contributed by atoms with van der Waals surface area (Å²) in [5, 5.41) is 3.70. The molecule has 0 aliphatic heterocycles. The van der Waals surface area contributed by atoms with Crippen molar-refractivity contribution in [1.29, 1.82) is 0 Å². The average molecular weight is 859 g/mol. The summed E-state index contributed by atoms with van der Waals surface area (Å²) in [7, 11) is 0. The zero-order valence-electron chi connectivity index (χ0n) is 37.1. The molecule has 0 radical (unpaired) electrons. The van der Waals surface area contributed by atoms with Crippen LogP contribution in [0.3, 0.4) is 0 Å². The van der Waals surface area contributed by atoms with E-state index in [2.05, 4.69) is 253 Å². The molecule has 0 N–H and O–H groups in total. The molecule has 12 rings (SSSR count). The van der Waals surface area contributed by atoms with Crippen molar-refractivity contribution >= 4 is 44.8 Å².